The fourth-order valence-corrected chi connectivity index (χ4v) is 3.21. The molecule has 2 N–H and O–H groups in total. The molecule has 2 heterocycles. The minimum absolute atomic E-state index is 0.108. The molecule has 0 saturated carbocycles. The van der Waals surface area contributed by atoms with Crippen molar-refractivity contribution in [2.24, 2.45) is 0 Å². The van der Waals surface area contributed by atoms with Gasteiger partial charge in [-0.05, 0) is 26.3 Å². The van der Waals surface area contributed by atoms with E-state index in [0.717, 1.165) is 26.1 Å². The first kappa shape index (κ1) is 16.0. The number of nitrogens with one attached hydrogen (secondary N) is 1. The van der Waals surface area contributed by atoms with E-state index < -0.39 is 12.1 Å². The van der Waals surface area contributed by atoms with Gasteiger partial charge in [-0.1, -0.05) is 0 Å². The maximum atomic E-state index is 12.3. The molecule has 0 aliphatic carbocycles. The Bertz CT molecular complexity index is 390. The Kier molecular flexibility index (Phi) is 5.41. The molecule has 2 aliphatic heterocycles. The molecular formula is C14H25N3O4. The van der Waals surface area contributed by atoms with E-state index in [1.165, 1.54) is 13.5 Å². The van der Waals surface area contributed by atoms with E-state index >= 15 is 0 Å². The highest BCUT2D eigenvalue weighted by atomic mass is 16.5. The van der Waals surface area contributed by atoms with Crippen LogP contribution in [0.2, 0.25) is 0 Å². The summed E-state index contributed by atoms with van der Waals surface area (Å²) in [7, 11) is 1.46. The molecule has 3 atom stereocenters. The molecule has 2 aliphatic rings. The number of hydrogen-bond acceptors (Lipinski definition) is 4. The van der Waals surface area contributed by atoms with E-state index in [4.69, 9.17) is 9.84 Å². The van der Waals surface area contributed by atoms with Gasteiger partial charge >= 0.3 is 12.0 Å². The van der Waals surface area contributed by atoms with Crippen LogP contribution in [-0.4, -0.2) is 78.4 Å². The van der Waals surface area contributed by atoms with Crippen molar-refractivity contribution < 1.29 is 19.4 Å². The highest BCUT2D eigenvalue weighted by Crippen LogP contribution is 2.24. The number of amides is 2. The van der Waals surface area contributed by atoms with Crippen LogP contribution in [-0.2, 0) is 9.53 Å². The van der Waals surface area contributed by atoms with Crippen LogP contribution < -0.4 is 5.32 Å². The zero-order valence-corrected chi connectivity index (χ0v) is 12.7. The van der Waals surface area contributed by atoms with E-state index in [0.29, 0.717) is 6.04 Å². The molecule has 0 spiro atoms. The summed E-state index contributed by atoms with van der Waals surface area (Å²) in [5.41, 5.74) is 0. The van der Waals surface area contributed by atoms with E-state index in [1.54, 1.807) is 0 Å². The minimum atomic E-state index is -0.927. The molecule has 2 fully saturated rings. The maximum Gasteiger partial charge on any atom is 0.317 e. The first-order chi connectivity index (χ1) is 10.0. The van der Waals surface area contributed by atoms with Crippen molar-refractivity contribution in [1.29, 1.82) is 0 Å². The van der Waals surface area contributed by atoms with Gasteiger partial charge in [-0.15, -0.1) is 0 Å². The lowest BCUT2D eigenvalue weighted by atomic mass is 10.1. The summed E-state index contributed by atoms with van der Waals surface area (Å²) in [6, 6.07) is 0.533. The van der Waals surface area contributed by atoms with Crippen LogP contribution in [0.25, 0.3) is 0 Å². The van der Waals surface area contributed by atoms with Crippen molar-refractivity contribution in [3.8, 4) is 0 Å². The van der Waals surface area contributed by atoms with Gasteiger partial charge in [0.25, 0.3) is 0 Å². The summed E-state index contributed by atoms with van der Waals surface area (Å²) in [4.78, 5) is 27.3. The average Bonchev–Trinajstić information content (AvgIpc) is 2.88. The van der Waals surface area contributed by atoms with Gasteiger partial charge in [0, 0.05) is 38.8 Å². The fourth-order valence-electron chi connectivity index (χ4n) is 3.21. The second-order valence-corrected chi connectivity index (χ2v) is 5.93. The molecule has 3 unspecified atom stereocenters. The lowest BCUT2D eigenvalue weighted by Gasteiger charge is -2.42. The SMILES string of the molecule is COC(CNC(=O)N1CC2CCCN2CC1C)CC(=O)O. The number of piperazine rings is 1. The molecule has 7 heteroatoms. The summed E-state index contributed by atoms with van der Waals surface area (Å²) in [6.07, 6.45) is 1.76. The molecule has 0 radical (unpaired) electrons. The van der Waals surface area contributed by atoms with E-state index in [9.17, 15) is 9.59 Å². The standard InChI is InChI=1S/C14H25N3O4/c1-10-8-16-5-3-4-11(16)9-17(10)14(20)15-7-12(21-2)6-13(18)19/h10-12H,3-9H2,1-2H3,(H,15,20)(H,18,19). The number of nitrogens with zero attached hydrogens (tertiary/aromatic N) is 2. The number of urea groups is 1. The zero-order chi connectivity index (χ0) is 15.4. The Morgan fingerprint density at radius 2 is 2.19 bits per heavy atom. The first-order valence-corrected chi connectivity index (χ1v) is 7.54. The van der Waals surface area contributed by atoms with Crippen molar-refractivity contribution in [1.82, 2.24) is 15.1 Å². The topological polar surface area (TPSA) is 82.1 Å². The van der Waals surface area contributed by atoms with Crippen LogP contribution in [0, 0.1) is 0 Å². The van der Waals surface area contributed by atoms with Gasteiger partial charge < -0.3 is 20.1 Å². The molecule has 2 saturated heterocycles. The molecule has 2 amide bonds. The van der Waals surface area contributed by atoms with Gasteiger partial charge in [-0.3, -0.25) is 9.69 Å². The minimum Gasteiger partial charge on any atom is -0.481 e. The third-order valence-corrected chi connectivity index (χ3v) is 4.41. The summed E-state index contributed by atoms with van der Waals surface area (Å²) in [6.45, 7) is 5.08. The Labute approximate surface area is 125 Å². The Balaban J connectivity index is 1.83. The number of methoxy groups -OCH3 is 1. The normalized spacial score (nSPS) is 27.2. The average molecular weight is 299 g/mol. The molecular weight excluding hydrogens is 274 g/mol. The highest BCUT2D eigenvalue weighted by molar-refractivity contribution is 5.75. The van der Waals surface area contributed by atoms with E-state index in [1.807, 2.05) is 4.90 Å². The van der Waals surface area contributed by atoms with Gasteiger partial charge in [-0.25, -0.2) is 4.79 Å². The van der Waals surface area contributed by atoms with Gasteiger partial charge in [-0.2, -0.15) is 0 Å². The molecule has 0 bridgehead atoms. The quantitative estimate of drug-likeness (QED) is 0.766. The molecule has 0 aromatic carbocycles. The number of carbonyl (C=O) groups is 2. The zero-order valence-electron chi connectivity index (χ0n) is 12.7. The van der Waals surface area contributed by atoms with Gasteiger partial charge in [0.05, 0.1) is 12.5 Å². The van der Waals surface area contributed by atoms with Crippen LogP contribution in [0.15, 0.2) is 0 Å². The lowest BCUT2D eigenvalue weighted by molar-refractivity contribution is -0.139. The van der Waals surface area contributed by atoms with E-state index in [-0.39, 0.29) is 25.0 Å². The Morgan fingerprint density at radius 1 is 1.43 bits per heavy atom. The lowest BCUT2D eigenvalue weighted by Crippen LogP contribution is -2.59. The van der Waals surface area contributed by atoms with Crippen molar-refractivity contribution in [2.45, 2.75) is 44.4 Å². The van der Waals surface area contributed by atoms with Gasteiger partial charge in [0.1, 0.15) is 0 Å². The molecule has 0 aromatic rings. The van der Waals surface area contributed by atoms with Crippen LogP contribution in [0.4, 0.5) is 4.79 Å². The third-order valence-electron chi connectivity index (χ3n) is 4.41. The maximum absolute atomic E-state index is 12.3. The van der Waals surface area contributed by atoms with Crippen molar-refractivity contribution in [3.63, 3.8) is 0 Å². The highest BCUT2D eigenvalue weighted by Gasteiger charge is 2.36. The Hall–Kier alpha value is -1.34. The van der Waals surface area contributed by atoms with Crippen molar-refractivity contribution >= 4 is 12.0 Å². The van der Waals surface area contributed by atoms with Gasteiger partial charge in [0.2, 0.25) is 0 Å². The first-order valence-electron chi connectivity index (χ1n) is 7.54. The van der Waals surface area contributed by atoms with Crippen LogP contribution in [0.5, 0.6) is 0 Å². The number of carbonyl (C=O) groups excluding carboxylic acids is 1. The summed E-state index contributed by atoms with van der Waals surface area (Å²) in [5, 5.41) is 11.6. The summed E-state index contributed by atoms with van der Waals surface area (Å²) < 4.78 is 5.07. The number of carboxylic acid groups (broad SMARTS) is 1. The largest absolute Gasteiger partial charge is 0.481 e. The van der Waals surface area contributed by atoms with E-state index in [2.05, 4.69) is 17.1 Å². The number of rotatable bonds is 5. The number of aliphatic carboxylic acids is 1. The third kappa shape index (κ3) is 4.07. The second-order valence-electron chi connectivity index (χ2n) is 5.93. The smallest absolute Gasteiger partial charge is 0.317 e. The molecule has 2 rings (SSSR count). The number of ether oxygens (including phenoxy) is 1. The fraction of sp³-hybridized carbons (Fsp3) is 0.857. The predicted octanol–water partition coefficient (Wildman–Crippen LogP) is 0.354. The van der Waals surface area contributed by atoms with Gasteiger partial charge in [0.15, 0.2) is 0 Å². The Morgan fingerprint density at radius 3 is 2.86 bits per heavy atom. The van der Waals surface area contributed by atoms with Crippen LogP contribution in [0.1, 0.15) is 26.2 Å². The number of carboxylic acids is 1. The monoisotopic (exact) mass is 299 g/mol. The molecule has 21 heavy (non-hydrogen) atoms. The molecule has 120 valence electrons. The van der Waals surface area contributed by atoms with Crippen LogP contribution >= 0.6 is 0 Å². The molecule has 7 nitrogen and oxygen atoms in total. The molecule has 0 aromatic heterocycles. The van der Waals surface area contributed by atoms with Crippen LogP contribution in [0.3, 0.4) is 0 Å². The van der Waals surface area contributed by atoms with Crippen molar-refractivity contribution in [3.05, 3.63) is 0 Å². The second kappa shape index (κ2) is 7.09. The number of fused-ring (bicyclic) bond motifs is 1. The summed E-state index contributed by atoms with van der Waals surface area (Å²) in [5.74, 6) is -0.927. The predicted molar refractivity (Wildman–Crippen MR) is 77.2 cm³/mol. The number of hydrogen-bond donors (Lipinski definition) is 2. The summed E-state index contributed by atoms with van der Waals surface area (Å²) >= 11 is 0. The van der Waals surface area contributed by atoms with Crippen molar-refractivity contribution in [2.75, 3.05) is 33.3 Å².